The quantitative estimate of drug-likeness (QED) is 0.480. The molecule has 0 fully saturated rings. The number of halogens is 2. The van der Waals surface area contributed by atoms with E-state index in [0.717, 1.165) is 24.3 Å². The van der Waals surface area contributed by atoms with Gasteiger partial charge in [0.25, 0.3) is 10.0 Å². The number of nitrogens with zero attached hydrogens (tertiary/aromatic N) is 1. The lowest BCUT2D eigenvalue weighted by Crippen LogP contribution is -2.16. The van der Waals surface area contributed by atoms with Crippen LogP contribution in [0.25, 0.3) is 0 Å². The van der Waals surface area contributed by atoms with Crippen LogP contribution in [0, 0.1) is 5.82 Å². The Morgan fingerprint density at radius 3 is 2.46 bits per heavy atom. The van der Waals surface area contributed by atoms with Gasteiger partial charge in [-0.05, 0) is 42.5 Å². The van der Waals surface area contributed by atoms with E-state index < -0.39 is 21.8 Å². The predicted octanol–water partition coefficient (Wildman–Crippen LogP) is 4.03. The number of aromatic nitrogens is 1. The summed E-state index contributed by atoms with van der Waals surface area (Å²) in [6.07, 6.45) is 1.47. The number of ether oxygens (including phenoxy) is 1. The standard InChI is InChI=1S/C19H14ClFN2O4S/c20-18-10-5-13(11-22-18)12-27-19(24)16-3-1-2-4-17(16)23-28(25,26)15-8-6-14(21)7-9-15/h1-11,23H,12H2. The second-order valence-corrected chi connectivity index (χ2v) is 7.74. The molecule has 3 aromatic rings. The van der Waals surface area contributed by atoms with Crippen LogP contribution in [0.2, 0.25) is 5.15 Å². The lowest BCUT2D eigenvalue weighted by atomic mass is 10.2. The third-order valence-corrected chi connectivity index (χ3v) is 5.28. The highest BCUT2D eigenvalue weighted by molar-refractivity contribution is 7.92. The number of anilines is 1. The molecule has 6 nitrogen and oxygen atoms in total. The van der Waals surface area contributed by atoms with E-state index in [2.05, 4.69) is 9.71 Å². The van der Waals surface area contributed by atoms with Gasteiger partial charge in [-0.3, -0.25) is 4.72 Å². The molecule has 0 atom stereocenters. The van der Waals surface area contributed by atoms with Gasteiger partial charge < -0.3 is 4.74 Å². The number of esters is 1. The van der Waals surface area contributed by atoms with Gasteiger partial charge in [0.2, 0.25) is 0 Å². The number of hydrogen-bond acceptors (Lipinski definition) is 5. The molecule has 0 spiro atoms. The average molecular weight is 421 g/mol. The fourth-order valence-corrected chi connectivity index (χ4v) is 3.48. The fraction of sp³-hybridized carbons (Fsp3) is 0.0526. The maximum atomic E-state index is 13.0. The molecule has 9 heteroatoms. The Bertz CT molecular complexity index is 1090. The fourth-order valence-electron chi connectivity index (χ4n) is 2.29. The third-order valence-electron chi connectivity index (χ3n) is 3.67. The number of para-hydroxylation sites is 1. The van der Waals surface area contributed by atoms with E-state index in [1.165, 1.54) is 18.3 Å². The molecule has 0 bridgehead atoms. The summed E-state index contributed by atoms with van der Waals surface area (Å²) >= 11 is 5.71. The number of sulfonamides is 1. The maximum Gasteiger partial charge on any atom is 0.340 e. The Balaban J connectivity index is 1.77. The molecule has 3 rings (SSSR count). The third kappa shape index (κ3) is 4.85. The Morgan fingerprint density at radius 2 is 1.79 bits per heavy atom. The van der Waals surface area contributed by atoms with Crippen molar-refractivity contribution in [2.75, 3.05) is 4.72 Å². The number of hydrogen-bond donors (Lipinski definition) is 1. The van der Waals surface area contributed by atoms with Crippen molar-refractivity contribution in [3.8, 4) is 0 Å². The van der Waals surface area contributed by atoms with Gasteiger partial charge in [0.05, 0.1) is 16.1 Å². The van der Waals surface area contributed by atoms with Crippen molar-refractivity contribution in [3.63, 3.8) is 0 Å². The van der Waals surface area contributed by atoms with Gasteiger partial charge in [-0.2, -0.15) is 0 Å². The lowest BCUT2D eigenvalue weighted by Gasteiger charge is -2.12. The van der Waals surface area contributed by atoms with Crippen LogP contribution in [-0.2, 0) is 21.4 Å². The highest BCUT2D eigenvalue weighted by Gasteiger charge is 2.19. The minimum Gasteiger partial charge on any atom is -0.457 e. The monoisotopic (exact) mass is 420 g/mol. The number of rotatable bonds is 6. The summed E-state index contributed by atoms with van der Waals surface area (Å²) in [5.41, 5.74) is 0.711. The maximum absolute atomic E-state index is 13.0. The van der Waals surface area contributed by atoms with Crippen LogP contribution in [-0.4, -0.2) is 19.4 Å². The van der Waals surface area contributed by atoms with Crippen molar-refractivity contribution < 1.29 is 22.3 Å². The zero-order valence-corrected chi connectivity index (χ0v) is 15.9. The highest BCUT2D eigenvalue weighted by atomic mass is 35.5. The minimum atomic E-state index is -4.01. The van der Waals surface area contributed by atoms with Gasteiger partial charge in [0, 0.05) is 11.8 Å². The number of pyridine rings is 1. The van der Waals surface area contributed by atoms with Gasteiger partial charge in [-0.25, -0.2) is 22.6 Å². The number of carbonyl (C=O) groups excluding carboxylic acids is 1. The molecule has 0 amide bonds. The van der Waals surface area contributed by atoms with E-state index in [4.69, 9.17) is 16.3 Å². The van der Waals surface area contributed by atoms with E-state index in [1.807, 2.05) is 0 Å². The van der Waals surface area contributed by atoms with Gasteiger partial charge >= 0.3 is 5.97 Å². The first-order valence-corrected chi connectivity index (χ1v) is 9.86. The van der Waals surface area contributed by atoms with E-state index in [-0.39, 0.29) is 22.8 Å². The first-order chi connectivity index (χ1) is 13.3. The van der Waals surface area contributed by atoms with Crippen LogP contribution in [0.5, 0.6) is 0 Å². The van der Waals surface area contributed by atoms with Crippen LogP contribution in [0.3, 0.4) is 0 Å². The number of benzene rings is 2. The number of nitrogens with one attached hydrogen (secondary N) is 1. The smallest absolute Gasteiger partial charge is 0.340 e. The normalized spacial score (nSPS) is 11.1. The summed E-state index contributed by atoms with van der Waals surface area (Å²) in [5, 5.41) is 0.315. The van der Waals surface area contributed by atoms with Crippen molar-refractivity contribution in [3.05, 3.63) is 89.0 Å². The molecule has 0 aliphatic carbocycles. The van der Waals surface area contributed by atoms with Crippen molar-refractivity contribution in [2.24, 2.45) is 0 Å². The molecule has 0 aliphatic heterocycles. The molecule has 0 saturated heterocycles. The molecule has 1 aromatic heterocycles. The Kier molecular flexibility index (Phi) is 5.91. The first kappa shape index (κ1) is 19.8. The summed E-state index contributed by atoms with van der Waals surface area (Å²) in [6, 6.07) is 13.6. The highest BCUT2D eigenvalue weighted by Crippen LogP contribution is 2.21. The van der Waals surface area contributed by atoms with Crippen molar-refractivity contribution >= 4 is 33.3 Å². The SMILES string of the molecule is O=C(OCc1ccc(Cl)nc1)c1ccccc1NS(=O)(=O)c1ccc(F)cc1. The Morgan fingerprint density at radius 1 is 1.07 bits per heavy atom. The topological polar surface area (TPSA) is 85.4 Å². The van der Waals surface area contributed by atoms with E-state index >= 15 is 0 Å². The van der Waals surface area contributed by atoms with Crippen molar-refractivity contribution in [1.29, 1.82) is 0 Å². The molecule has 0 radical (unpaired) electrons. The predicted molar refractivity (Wildman–Crippen MR) is 102 cm³/mol. The van der Waals surface area contributed by atoms with Crippen LogP contribution in [0.1, 0.15) is 15.9 Å². The minimum absolute atomic E-state index is 0.0371. The van der Waals surface area contributed by atoms with Crippen LogP contribution < -0.4 is 4.72 Å². The van der Waals surface area contributed by atoms with Crippen molar-refractivity contribution in [1.82, 2.24) is 4.98 Å². The summed E-state index contributed by atoms with van der Waals surface area (Å²) in [6.45, 7) is -0.0535. The second kappa shape index (κ2) is 8.37. The second-order valence-electron chi connectivity index (χ2n) is 5.67. The van der Waals surface area contributed by atoms with Gasteiger partial charge in [0.1, 0.15) is 17.6 Å². The lowest BCUT2D eigenvalue weighted by molar-refractivity contribution is 0.0473. The van der Waals surface area contributed by atoms with Gasteiger partial charge in [-0.15, -0.1) is 0 Å². The van der Waals surface area contributed by atoms with E-state index in [9.17, 15) is 17.6 Å². The van der Waals surface area contributed by atoms with Crippen LogP contribution >= 0.6 is 11.6 Å². The van der Waals surface area contributed by atoms with E-state index in [1.54, 1.807) is 24.3 Å². The summed E-state index contributed by atoms with van der Waals surface area (Å²) in [4.78, 5) is 16.2. The van der Waals surface area contributed by atoms with E-state index in [0.29, 0.717) is 10.7 Å². The molecule has 0 aliphatic rings. The number of carbonyl (C=O) groups is 1. The summed E-state index contributed by atoms with van der Waals surface area (Å²) in [7, 11) is -4.01. The van der Waals surface area contributed by atoms with Gasteiger partial charge in [0.15, 0.2) is 0 Å². The van der Waals surface area contributed by atoms with Crippen molar-refractivity contribution in [2.45, 2.75) is 11.5 Å². The molecule has 1 N–H and O–H groups in total. The molecule has 0 unspecified atom stereocenters. The summed E-state index contributed by atoms with van der Waals surface area (Å²) in [5.74, 6) is -1.27. The Labute approximate surface area is 166 Å². The van der Waals surface area contributed by atoms with Gasteiger partial charge in [-0.1, -0.05) is 29.8 Å². The summed E-state index contributed by atoms with van der Waals surface area (Å²) < 4.78 is 45.6. The molecule has 2 aromatic carbocycles. The van der Waals surface area contributed by atoms with Crippen LogP contribution in [0.15, 0.2) is 71.8 Å². The average Bonchev–Trinajstić information content (AvgIpc) is 2.68. The molecule has 28 heavy (non-hydrogen) atoms. The zero-order chi connectivity index (χ0) is 20.1. The molecule has 144 valence electrons. The molecular weight excluding hydrogens is 407 g/mol. The largest absolute Gasteiger partial charge is 0.457 e. The molecule has 1 heterocycles. The first-order valence-electron chi connectivity index (χ1n) is 8.00. The molecule has 0 saturated carbocycles. The Hall–Kier alpha value is -2.97. The zero-order valence-electron chi connectivity index (χ0n) is 14.3. The molecular formula is C19H14ClFN2O4S. The van der Waals surface area contributed by atoms with Crippen LogP contribution in [0.4, 0.5) is 10.1 Å².